The highest BCUT2D eigenvalue weighted by Crippen LogP contribution is 2.28. The number of halogens is 1. The van der Waals surface area contributed by atoms with Crippen LogP contribution in [0.4, 0.5) is 0 Å². The van der Waals surface area contributed by atoms with Gasteiger partial charge in [-0.15, -0.1) is 23.7 Å². The van der Waals surface area contributed by atoms with Crippen molar-refractivity contribution >= 4 is 41.3 Å². The third-order valence-corrected chi connectivity index (χ3v) is 3.50. The number of nitrogens with one attached hydrogen (secondary N) is 1. The van der Waals surface area contributed by atoms with Gasteiger partial charge in [0.2, 0.25) is 0 Å². The van der Waals surface area contributed by atoms with Crippen molar-refractivity contribution < 1.29 is 0 Å². The van der Waals surface area contributed by atoms with E-state index in [0.717, 1.165) is 9.24 Å². The third-order valence-electron chi connectivity index (χ3n) is 1.62. The number of amidine groups is 1. The summed E-state index contributed by atoms with van der Waals surface area (Å²) in [5.74, 6) is -0.0170. The Morgan fingerprint density at radius 2 is 2.19 bits per heavy atom. The van der Waals surface area contributed by atoms with Crippen LogP contribution in [-0.2, 0) is 0 Å². The number of hydrogen-bond donors (Lipinski definition) is 2. The van der Waals surface area contributed by atoms with Crippen LogP contribution in [0.3, 0.4) is 0 Å². The highest BCUT2D eigenvalue weighted by molar-refractivity contribution is 8.01. The van der Waals surface area contributed by atoms with Crippen molar-refractivity contribution in [3.8, 4) is 0 Å². The normalized spacial score (nSPS) is 9.50. The van der Waals surface area contributed by atoms with Crippen LogP contribution in [0.15, 0.2) is 39.1 Å². The van der Waals surface area contributed by atoms with Crippen molar-refractivity contribution in [2.24, 2.45) is 5.73 Å². The fourth-order valence-corrected chi connectivity index (χ4v) is 2.61. The fourth-order valence-electron chi connectivity index (χ4n) is 0.984. The molecule has 0 aliphatic rings. The first-order valence-corrected chi connectivity index (χ1v) is 5.83. The molecule has 0 aliphatic heterocycles. The average Bonchev–Trinajstić information content (AvgIpc) is 2.71. The minimum atomic E-state index is -0.0170. The van der Waals surface area contributed by atoms with Gasteiger partial charge < -0.3 is 5.73 Å². The quantitative estimate of drug-likeness (QED) is 0.664. The maximum Gasteiger partial charge on any atom is 0.154 e. The first-order chi connectivity index (χ1) is 7.25. The second-order valence-electron chi connectivity index (χ2n) is 2.69. The molecule has 2 aromatic heterocycles. The van der Waals surface area contributed by atoms with E-state index in [9.17, 15) is 0 Å². The van der Waals surface area contributed by atoms with Gasteiger partial charge in [-0.1, -0.05) is 11.8 Å². The van der Waals surface area contributed by atoms with Crippen molar-refractivity contribution in [1.82, 2.24) is 9.97 Å². The summed E-state index contributed by atoms with van der Waals surface area (Å²) in [5, 5.41) is 9.20. The van der Waals surface area contributed by atoms with Crippen LogP contribution in [0.25, 0.3) is 0 Å². The molecular formula is C9H9ClN4S2. The molecule has 16 heavy (non-hydrogen) atoms. The summed E-state index contributed by atoms with van der Waals surface area (Å²) in [6.07, 6.45) is 3.41. The standard InChI is InChI=1S/C9H8N4S2.ClH/c10-8(11)7-5-6(1-2-12-7)15-9-13-3-4-14-9;/h1-5H,(H3,10,11);1H. The first kappa shape index (κ1) is 13.0. The van der Waals surface area contributed by atoms with Crippen LogP contribution in [0.1, 0.15) is 5.69 Å². The molecule has 0 atom stereocenters. The van der Waals surface area contributed by atoms with Crippen LogP contribution < -0.4 is 5.73 Å². The van der Waals surface area contributed by atoms with Gasteiger partial charge in [-0.25, -0.2) is 4.98 Å². The number of rotatable bonds is 3. The average molecular weight is 273 g/mol. The number of nitrogens with two attached hydrogens (primary N) is 1. The van der Waals surface area contributed by atoms with E-state index >= 15 is 0 Å². The SMILES string of the molecule is Cl.N=C(N)c1cc(Sc2nccs2)ccn1. The fraction of sp³-hybridized carbons (Fsp3) is 0. The molecule has 0 aliphatic carbocycles. The van der Waals surface area contributed by atoms with E-state index in [0.29, 0.717) is 5.69 Å². The lowest BCUT2D eigenvalue weighted by Gasteiger charge is -2.00. The number of pyridine rings is 1. The number of thiazole rings is 1. The molecule has 2 rings (SSSR count). The molecule has 0 amide bonds. The highest BCUT2D eigenvalue weighted by atomic mass is 35.5. The van der Waals surface area contributed by atoms with Gasteiger partial charge in [0.15, 0.2) is 4.34 Å². The lowest BCUT2D eigenvalue weighted by atomic mass is 10.3. The van der Waals surface area contributed by atoms with Gasteiger partial charge in [0.1, 0.15) is 11.5 Å². The summed E-state index contributed by atoms with van der Waals surface area (Å²) >= 11 is 3.12. The Morgan fingerprint density at radius 1 is 1.38 bits per heavy atom. The molecule has 0 saturated heterocycles. The lowest BCUT2D eigenvalue weighted by Crippen LogP contribution is -2.12. The molecule has 0 spiro atoms. The molecule has 84 valence electrons. The van der Waals surface area contributed by atoms with Crippen LogP contribution in [-0.4, -0.2) is 15.8 Å². The molecule has 0 aromatic carbocycles. The monoisotopic (exact) mass is 272 g/mol. The third kappa shape index (κ3) is 3.19. The van der Waals surface area contributed by atoms with Gasteiger partial charge >= 0.3 is 0 Å². The zero-order valence-electron chi connectivity index (χ0n) is 8.08. The molecule has 0 radical (unpaired) electrons. The first-order valence-electron chi connectivity index (χ1n) is 4.13. The summed E-state index contributed by atoms with van der Waals surface area (Å²) in [7, 11) is 0. The number of nitrogen functional groups attached to an aromatic ring is 1. The zero-order valence-corrected chi connectivity index (χ0v) is 10.5. The van der Waals surface area contributed by atoms with E-state index in [4.69, 9.17) is 11.1 Å². The van der Waals surface area contributed by atoms with Gasteiger partial charge in [0, 0.05) is 22.7 Å². The molecular weight excluding hydrogens is 264 g/mol. The van der Waals surface area contributed by atoms with Gasteiger partial charge in [-0.05, 0) is 12.1 Å². The topological polar surface area (TPSA) is 75.7 Å². The van der Waals surface area contributed by atoms with Crippen molar-refractivity contribution in [3.63, 3.8) is 0 Å². The van der Waals surface area contributed by atoms with E-state index < -0.39 is 0 Å². The van der Waals surface area contributed by atoms with E-state index in [2.05, 4.69) is 9.97 Å². The predicted octanol–water partition coefficient (Wildman–Crippen LogP) is 2.40. The van der Waals surface area contributed by atoms with E-state index in [-0.39, 0.29) is 18.2 Å². The van der Waals surface area contributed by atoms with Crippen LogP contribution >= 0.6 is 35.5 Å². The zero-order chi connectivity index (χ0) is 10.7. The van der Waals surface area contributed by atoms with Crippen molar-refractivity contribution in [2.45, 2.75) is 9.24 Å². The number of aromatic nitrogens is 2. The summed E-state index contributed by atoms with van der Waals surface area (Å²) in [4.78, 5) is 9.14. The molecule has 0 bridgehead atoms. The Bertz CT molecular complexity index is 472. The van der Waals surface area contributed by atoms with Gasteiger partial charge in [0.25, 0.3) is 0 Å². The van der Waals surface area contributed by atoms with Gasteiger partial charge in [0.05, 0.1) is 0 Å². The Morgan fingerprint density at radius 3 is 2.81 bits per heavy atom. The van der Waals surface area contributed by atoms with E-state index in [1.807, 2.05) is 11.4 Å². The molecule has 0 fully saturated rings. The second kappa shape index (κ2) is 5.83. The van der Waals surface area contributed by atoms with Crippen molar-refractivity contribution in [3.05, 3.63) is 35.6 Å². The second-order valence-corrected chi connectivity index (χ2v) is 4.91. The van der Waals surface area contributed by atoms with Crippen LogP contribution in [0, 0.1) is 5.41 Å². The Labute approximate surface area is 107 Å². The summed E-state index contributed by atoms with van der Waals surface area (Å²) in [5.41, 5.74) is 5.85. The van der Waals surface area contributed by atoms with E-state index in [1.54, 1.807) is 41.6 Å². The van der Waals surface area contributed by atoms with Crippen LogP contribution in [0.2, 0.25) is 0 Å². The van der Waals surface area contributed by atoms with Gasteiger partial charge in [-0.3, -0.25) is 10.4 Å². The predicted molar refractivity (Wildman–Crippen MR) is 68.7 cm³/mol. The van der Waals surface area contributed by atoms with Crippen LogP contribution in [0.5, 0.6) is 0 Å². The molecule has 2 heterocycles. The smallest absolute Gasteiger partial charge is 0.154 e. The molecule has 7 heteroatoms. The minimum absolute atomic E-state index is 0. The van der Waals surface area contributed by atoms with Crippen molar-refractivity contribution in [1.29, 1.82) is 5.41 Å². The summed E-state index contributed by atoms with van der Waals surface area (Å²) < 4.78 is 0.968. The van der Waals surface area contributed by atoms with Gasteiger partial charge in [-0.2, -0.15) is 0 Å². The Balaban J connectivity index is 0.00000128. The molecule has 3 N–H and O–H groups in total. The Kier molecular flexibility index (Phi) is 4.72. The Hall–Kier alpha value is -1.11. The summed E-state index contributed by atoms with van der Waals surface area (Å²) in [6.45, 7) is 0. The number of hydrogen-bond acceptors (Lipinski definition) is 5. The highest BCUT2D eigenvalue weighted by Gasteiger charge is 2.03. The molecule has 2 aromatic rings. The minimum Gasteiger partial charge on any atom is -0.382 e. The largest absolute Gasteiger partial charge is 0.382 e. The molecule has 0 saturated carbocycles. The van der Waals surface area contributed by atoms with E-state index in [1.165, 1.54) is 0 Å². The maximum atomic E-state index is 7.27. The lowest BCUT2D eigenvalue weighted by molar-refractivity contribution is 1.20. The summed E-state index contributed by atoms with van der Waals surface area (Å²) in [6, 6.07) is 3.66. The maximum absolute atomic E-state index is 7.27. The number of nitrogens with zero attached hydrogens (tertiary/aromatic N) is 2. The molecule has 0 unspecified atom stereocenters. The van der Waals surface area contributed by atoms with Crippen molar-refractivity contribution in [2.75, 3.05) is 0 Å². The molecule has 4 nitrogen and oxygen atoms in total.